The Morgan fingerprint density at radius 2 is 1.90 bits per heavy atom. The van der Waals surface area contributed by atoms with E-state index < -0.39 is 0 Å². The Bertz CT molecular complexity index is 129. The standard InChI is InChI=1S/C8H15NO/c9-7-3-6-8(10-7)4-1-2-5-8/h7H,1-6,9H2. The van der Waals surface area contributed by atoms with Gasteiger partial charge < -0.3 is 10.5 Å². The van der Waals surface area contributed by atoms with Crippen molar-refractivity contribution in [2.45, 2.75) is 50.4 Å². The van der Waals surface area contributed by atoms with E-state index in [1.54, 1.807) is 0 Å². The number of hydrogen-bond donors (Lipinski definition) is 1. The molecule has 1 heterocycles. The average molecular weight is 141 g/mol. The second-order valence-corrected chi connectivity index (χ2v) is 3.59. The second kappa shape index (κ2) is 2.21. The van der Waals surface area contributed by atoms with Crippen LogP contribution in [0, 0.1) is 0 Å². The average Bonchev–Trinajstić information content (AvgIpc) is 2.46. The van der Waals surface area contributed by atoms with Crippen LogP contribution < -0.4 is 5.73 Å². The van der Waals surface area contributed by atoms with Crippen molar-refractivity contribution in [3.8, 4) is 0 Å². The first-order valence-corrected chi connectivity index (χ1v) is 4.24. The van der Waals surface area contributed by atoms with Gasteiger partial charge in [-0.1, -0.05) is 12.8 Å². The molecule has 0 aromatic heterocycles. The zero-order valence-corrected chi connectivity index (χ0v) is 6.31. The Kier molecular flexibility index (Phi) is 1.46. The second-order valence-electron chi connectivity index (χ2n) is 3.59. The third-order valence-electron chi connectivity index (χ3n) is 2.80. The van der Waals surface area contributed by atoms with Crippen molar-refractivity contribution in [1.82, 2.24) is 0 Å². The molecule has 2 fully saturated rings. The van der Waals surface area contributed by atoms with Crippen molar-refractivity contribution in [3.63, 3.8) is 0 Å². The fourth-order valence-electron chi connectivity index (χ4n) is 2.23. The van der Waals surface area contributed by atoms with Crippen LogP contribution in [0.3, 0.4) is 0 Å². The molecule has 0 aromatic rings. The van der Waals surface area contributed by atoms with Gasteiger partial charge in [-0.15, -0.1) is 0 Å². The SMILES string of the molecule is NC1CCC2(CCCC2)O1. The Balaban J connectivity index is 2.03. The number of hydrogen-bond acceptors (Lipinski definition) is 2. The Hall–Kier alpha value is -0.0800. The Morgan fingerprint density at radius 1 is 1.20 bits per heavy atom. The predicted molar refractivity (Wildman–Crippen MR) is 39.5 cm³/mol. The molecule has 10 heavy (non-hydrogen) atoms. The minimum Gasteiger partial charge on any atom is -0.357 e. The summed E-state index contributed by atoms with van der Waals surface area (Å²) in [5, 5.41) is 0. The van der Waals surface area contributed by atoms with Gasteiger partial charge in [0.1, 0.15) is 6.23 Å². The smallest absolute Gasteiger partial charge is 0.106 e. The third kappa shape index (κ3) is 0.956. The molecule has 2 rings (SSSR count). The van der Waals surface area contributed by atoms with Crippen molar-refractivity contribution >= 4 is 0 Å². The molecule has 58 valence electrons. The van der Waals surface area contributed by atoms with Crippen LogP contribution in [0.2, 0.25) is 0 Å². The Labute approximate surface area is 61.7 Å². The van der Waals surface area contributed by atoms with E-state index in [9.17, 15) is 0 Å². The summed E-state index contributed by atoms with van der Waals surface area (Å²) in [4.78, 5) is 0. The summed E-state index contributed by atoms with van der Waals surface area (Å²) in [5.41, 5.74) is 5.90. The molecule has 1 saturated heterocycles. The van der Waals surface area contributed by atoms with Crippen molar-refractivity contribution < 1.29 is 4.74 Å². The third-order valence-corrected chi connectivity index (χ3v) is 2.80. The van der Waals surface area contributed by atoms with E-state index in [2.05, 4.69) is 0 Å². The molecule has 0 bridgehead atoms. The van der Waals surface area contributed by atoms with Gasteiger partial charge in [-0.3, -0.25) is 0 Å². The first kappa shape index (κ1) is 6.62. The van der Waals surface area contributed by atoms with Gasteiger partial charge >= 0.3 is 0 Å². The topological polar surface area (TPSA) is 35.2 Å². The number of ether oxygens (including phenoxy) is 1. The van der Waals surface area contributed by atoms with Gasteiger partial charge in [-0.2, -0.15) is 0 Å². The van der Waals surface area contributed by atoms with Crippen molar-refractivity contribution in [2.24, 2.45) is 5.73 Å². The lowest BCUT2D eigenvalue weighted by Crippen LogP contribution is -2.28. The van der Waals surface area contributed by atoms with Crippen LogP contribution in [0.1, 0.15) is 38.5 Å². The maximum atomic E-state index is 5.69. The van der Waals surface area contributed by atoms with Crippen LogP contribution in [0.5, 0.6) is 0 Å². The van der Waals surface area contributed by atoms with Gasteiger partial charge in [0.05, 0.1) is 5.60 Å². The highest BCUT2D eigenvalue weighted by Gasteiger charge is 2.40. The molecule has 1 atom stereocenters. The molecule has 1 unspecified atom stereocenters. The van der Waals surface area contributed by atoms with E-state index in [0.29, 0.717) is 0 Å². The lowest BCUT2D eigenvalue weighted by atomic mass is 9.99. The highest BCUT2D eigenvalue weighted by Crippen LogP contribution is 2.41. The van der Waals surface area contributed by atoms with Crippen LogP contribution in [0.4, 0.5) is 0 Å². The van der Waals surface area contributed by atoms with Gasteiger partial charge in [0.25, 0.3) is 0 Å². The molecule has 1 aliphatic heterocycles. The maximum Gasteiger partial charge on any atom is 0.106 e. The summed E-state index contributed by atoms with van der Waals surface area (Å²) in [6.07, 6.45) is 7.49. The van der Waals surface area contributed by atoms with Crippen LogP contribution in [-0.2, 0) is 4.74 Å². The largest absolute Gasteiger partial charge is 0.357 e. The first-order valence-electron chi connectivity index (χ1n) is 4.24. The summed E-state index contributed by atoms with van der Waals surface area (Å²) < 4.78 is 5.69. The summed E-state index contributed by atoms with van der Waals surface area (Å²) in [5.74, 6) is 0. The quantitative estimate of drug-likeness (QED) is 0.553. The highest BCUT2D eigenvalue weighted by molar-refractivity contribution is 4.91. The van der Waals surface area contributed by atoms with Crippen LogP contribution in [0.15, 0.2) is 0 Å². The van der Waals surface area contributed by atoms with Gasteiger partial charge in [0.15, 0.2) is 0 Å². The summed E-state index contributed by atoms with van der Waals surface area (Å²) in [6.45, 7) is 0. The normalized spacial score (nSPS) is 37.5. The monoisotopic (exact) mass is 141 g/mol. The van der Waals surface area contributed by atoms with Crippen LogP contribution in [0.25, 0.3) is 0 Å². The molecule has 1 saturated carbocycles. The van der Waals surface area contributed by atoms with E-state index in [1.165, 1.54) is 32.1 Å². The lowest BCUT2D eigenvalue weighted by Gasteiger charge is -2.22. The van der Waals surface area contributed by atoms with Gasteiger partial charge in [-0.25, -0.2) is 0 Å². The molecule has 1 spiro atoms. The van der Waals surface area contributed by atoms with Gasteiger partial charge in [0, 0.05) is 0 Å². The molecular formula is C8H15NO. The van der Waals surface area contributed by atoms with Crippen LogP contribution in [-0.4, -0.2) is 11.8 Å². The van der Waals surface area contributed by atoms with E-state index in [0.717, 1.165) is 6.42 Å². The summed E-state index contributed by atoms with van der Waals surface area (Å²) in [7, 11) is 0. The van der Waals surface area contributed by atoms with E-state index in [-0.39, 0.29) is 11.8 Å². The predicted octanol–water partition coefficient (Wildman–Crippen LogP) is 1.39. The lowest BCUT2D eigenvalue weighted by molar-refractivity contribution is -0.0333. The van der Waals surface area contributed by atoms with Crippen LogP contribution >= 0.6 is 0 Å². The summed E-state index contributed by atoms with van der Waals surface area (Å²) >= 11 is 0. The number of rotatable bonds is 0. The fraction of sp³-hybridized carbons (Fsp3) is 1.00. The molecule has 2 heteroatoms. The van der Waals surface area contributed by atoms with Crippen molar-refractivity contribution in [2.75, 3.05) is 0 Å². The van der Waals surface area contributed by atoms with Gasteiger partial charge in [-0.05, 0) is 25.7 Å². The molecule has 2 nitrogen and oxygen atoms in total. The first-order chi connectivity index (χ1) is 4.81. The minimum atomic E-state index is 0.0399. The van der Waals surface area contributed by atoms with E-state index in [4.69, 9.17) is 10.5 Å². The van der Waals surface area contributed by atoms with Gasteiger partial charge in [0.2, 0.25) is 0 Å². The number of nitrogens with two attached hydrogens (primary N) is 1. The molecule has 0 amide bonds. The Morgan fingerprint density at radius 3 is 2.40 bits per heavy atom. The highest BCUT2D eigenvalue weighted by atomic mass is 16.5. The zero-order valence-electron chi connectivity index (χ0n) is 6.31. The molecule has 0 radical (unpaired) electrons. The van der Waals surface area contributed by atoms with E-state index >= 15 is 0 Å². The molecule has 1 aliphatic carbocycles. The molecule has 2 N–H and O–H groups in total. The summed E-state index contributed by atoms with van der Waals surface area (Å²) in [6, 6.07) is 0. The maximum absolute atomic E-state index is 5.69. The molecule has 0 aromatic carbocycles. The molecule has 2 aliphatic rings. The van der Waals surface area contributed by atoms with Crippen molar-refractivity contribution in [1.29, 1.82) is 0 Å². The molecular weight excluding hydrogens is 126 g/mol. The fourth-order valence-corrected chi connectivity index (χ4v) is 2.23. The van der Waals surface area contributed by atoms with Crippen molar-refractivity contribution in [3.05, 3.63) is 0 Å². The van der Waals surface area contributed by atoms with E-state index in [1.807, 2.05) is 0 Å². The zero-order chi connectivity index (χ0) is 7.03. The minimum absolute atomic E-state index is 0.0399.